The van der Waals surface area contributed by atoms with E-state index in [0.717, 1.165) is 25.1 Å². The molecule has 5 N–H and O–H groups in total. The molecule has 7 heteroatoms. The number of amides is 1. The molecule has 0 spiro atoms. The molecule has 0 bridgehead atoms. The fraction of sp³-hybridized carbons (Fsp3) is 0.545. The molecule has 0 radical (unpaired) electrons. The van der Waals surface area contributed by atoms with Gasteiger partial charge in [0, 0.05) is 6.54 Å². The van der Waals surface area contributed by atoms with Crippen molar-refractivity contribution in [3.63, 3.8) is 0 Å². The van der Waals surface area contributed by atoms with Crippen LogP contribution in [-0.4, -0.2) is 33.9 Å². The largest absolute Gasteiger partial charge is 0.369 e. The minimum Gasteiger partial charge on any atom is -0.369 e. The Labute approximate surface area is 107 Å². The molecule has 0 aliphatic heterocycles. The van der Waals surface area contributed by atoms with Crippen LogP contribution in [0.1, 0.15) is 25.5 Å². The molecule has 0 unspecified atom stereocenters. The number of nitrogen functional groups attached to an aromatic ring is 1. The highest BCUT2D eigenvalue weighted by molar-refractivity contribution is 5.75. The monoisotopic (exact) mass is 252 g/mol. The summed E-state index contributed by atoms with van der Waals surface area (Å²) in [6.07, 6.45) is 5.27. The van der Waals surface area contributed by atoms with E-state index in [2.05, 4.69) is 22.3 Å². The molecule has 1 amide bonds. The first-order chi connectivity index (χ1) is 8.65. The summed E-state index contributed by atoms with van der Waals surface area (Å²) in [5.41, 5.74) is 8.42. The Bertz CT molecular complexity index is 366. The molecule has 1 aromatic rings. The second kappa shape index (κ2) is 7.57. The van der Waals surface area contributed by atoms with Gasteiger partial charge in [-0.05, 0) is 13.0 Å². The SMILES string of the molecule is CCCCN(CC(N)=O)Cc1cnc(NN)cn1. The Balaban J connectivity index is 2.59. The molecular formula is C11H20N6O. The van der Waals surface area contributed by atoms with Crippen LogP contribution in [0.5, 0.6) is 0 Å². The van der Waals surface area contributed by atoms with Crippen molar-refractivity contribution in [2.75, 3.05) is 18.5 Å². The van der Waals surface area contributed by atoms with E-state index in [1.165, 1.54) is 0 Å². The number of primary amides is 1. The van der Waals surface area contributed by atoms with Crippen molar-refractivity contribution in [1.29, 1.82) is 0 Å². The van der Waals surface area contributed by atoms with Gasteiger partial charge in [-0.15, -0.1) is 0 Å². The number of nitrogens with one attached hydrogen (secondary N) is 1. The van der Waals surface area contributed by atoms with Gasteiger partial charge in [-0.2, -0.15) is 0 Å². The van der Waals surface area contributed by atoms with E-state index < -0.39 is 0 Å². The van der Waals surface area contributed by atoms with Gasteiger partial charge in [-0.3, -0.25) is 14.7 Å². The number of nitrogens with zero attached hydrogens (tertiary/aromatic N) is 3. The number of nitrogens with two attached hydrogens (primary N) is 2. The highest BCUT2D eigenvalue weighted by Crippen LogP contribution is 2.04. The molecule has 0 aliphatic rings. The highest BCUT2D eigenvalue weighted by atomic mass is 16.1. The summed E-state index contributed by atoms with van der Waals surface area (Å²) in [6.45, 7) is 3.71. The van der Waals surface area contributed by atoms with Gasteiger partial charge in [0.1, 0.15) is 0 Å². The lowest BCUT2D eigenvalue weighted by Crippen LogP contribution is -2.34. The summed E-state index contributed by atoms with van der Waals surface area (Å²) in [4.78, 5) is 21.2. The fourth-order valence-electron chi connectivity index (χ4n) is 1.56. The first-order valence-corrected chi connectivity index (χ1v) is 5.94. The summed E-state index contributed by atoms with van der Waals surface area (Å²) >= 11 is 0. The number of carbonyl (C=O) groups is 1. The number of hydrogen-bond donors (Lipinski definition) is 3. The van der Waals surface area contributed by atoms with Gasteiger partial charge in [0.25, 0.3) is 0 Å². The quantitative estimate of drug-likeness (QED) is 0.438. The molecule has 1 heterocycles. The zero-order valence-electron chi connectivity index (χ0n) is 10.6. The maximum absolute atomic E-state index is 11.0. The molecule has 0 atom stereocenters. The summed E-state index contributed by atoms with van der Waals surface area (Å²) in [5, 5.41) is 0. The maximum atomic E-state index is 11.0. The van der Waals surface area contributed by atoms with Crippen molar-refractivity contribution in [2.45, 2.75) is 26.3 Å². The second-order valence-corrected chi connectivity index (χ2v) is 4.07. The predicted octanol–water partition coefficient (Wildman–Crippen LogP) is -0.150. The van der Waals surface area contributed by atoms with Crippen molar-refractivity contribution in [3.05, 3.63) is 18.1 Å². The average molecular weight is 252 g/mol. The highest BCUT2D eigenvalue weighted by Gasteiger charge is 2.09. The summed E-state index contributed by atoms with van der Waals surface area (Å²) in [6, 6.07) is 0. The smallest absolute Gasteiger partial charge is 0.231 e. The lowest BCUT2D eigenvalue weighted by molar-refractivity contribution is -0.119. The van der Waals surface area contributed by atoms with Crippen LogP contribution in [0, 0.1) is 0 Å². The standard InChI is InChI=1S/C11H20N6O/c1-2-3-4-17(8-10(12)18)7-9-5-15-11(16-13)6-14-9/h5-6H,2-4,7-8,13H2,1H3,(H2,12,18)(H,15,16). The van der Waals surface area contributed by atoms with Gasteiger partial charge in [0.2, 0.25) is 5.91 Å². The lowest BCUT2D eigenvalue weighted by atomic mass is 10.3. The first-order valence-electron chi connectivity index (χ1n) is 5.94. The Kier molecular flexibility index (Phi) is 6.03. The minimum absolute atomic E-state index is 0.235. The molecule has 0 saturated carbocycles. The molecule has 1 rings (SSSR count). The van der Waals surface area contributed by atoms with E-state index in [-0.39, 0.29) is 12.5 Å². The van der Waals surface area contributed by atoms with E-state index >= 15 is 0 Å². The van der Waals surface area contributed by atoms with Gasteiger partial charge >= 0.3 is 0 Å². The van der Waals surface area contributed by atoms with E-state index in [4.69, 9.17) is 11.6 Å². The lowest BCUT2D eigenvalue weighted by Gasteiger charge is -2.19. The van der Waals surface area contributed by atoms with Crippen LogP contribution in [0.4, 0.5) is 5.82 Å². The Morgan fingerprint density at radius 3 is 2.72 bits per heavy atom. The summed E-state index contributed by atoms with van der Waals surface area (Å²) in [7, 11) is 0. The second-order valence-electron chi connectivity index (χ2n) is 4.07. The third kappa shape index (κ3) is 5.07. The Hall–Kier alpha value is -1.73. The van der Waals surface area contributed by atoms with Crippen molar-refractivity contribution in [3.8, 4) is 0 Å². The number of rotatable bonds is 8. The van der Waals surface area contributed by atoms with Crippen LogP contribution < -0.4 is 17.0 Å². The van der Waals surface area contributed by atoms with E-state index in [0.29, 0.717) is 12.4 Å². The fourth-order valence-corrected chi connectivity index (χ4v) is 1.56. The molecule has 100 valence electrons. The zero-order chi connectivity index (χ0) is 13.4. The van der Waals surface area contributed by atoms with Crippen LogP contribution in [0.3, 0.4) is 0 Å². The number of unbranched alkanes of at least 4 members (excludes halogenated alkanes) is 1. The van der Waals surface area contributed by atoms with Crippen LogP contribution in [0.2, 0.25) is 0 Å². The molecule has 0 aliphatic carbocycles. The Morgan fingerprint density at radius 1 is 1.44 bits per heavy atom. The van der Waals surface area contributed by atoms with Crippen LogP contribution in [-0.2, 0) is 11.3 Å². The molecular weight excluding hydrogens is 232 g/mol. The van der Waals surface area contributed by atoms with Crippen molar-refractivity contribution < 1.29 is 4.79 Å². The zero-order valence-corrected chi connectivity index (χ0v) is 10.6. The van der Waals surface area contributed by atoms with Gasteiger partial charge in [-0.25, -0.2) is 10.8 Å². The predicted molar refractivity (Wildman–Crippen MR) is 69.2 cm³/mol. The van der Waals surface area contributed by atoms with Crippen LogP contribution in [0.15, 0.2) is 12.4 Å². The van der Waals surface area contributed by atoms with Gasteiger partial charge < -0.3 is 11.2 Å². The normalized spacial score (nSPS) is 10.6. The van der Waals surface area contributed by atoms with Crippen molar-refractivity contribution >= 4 is 11.7 Å². The van der Waals surface area contributed by atoms with Crippen LogP contribution >= 0.6 is 0 Å². The number of anilines is 1. The summed E-state index contributed by atoms with van der Waals surface area (Å²) in [5.74, 6) is 5.38. The number of aromatic nitrogens is 2. The molecule has 0 fully saturated rings. The van der Waals surface area contributed by atoms with Crippen LogP contribution in [0.25, 0.3) is 0 Å². The number of carbonyl (C=O) groups excluding carboxylic acids is 1. The average Bonchev–Trinajstić information content (AvgIpc) is 2.36. The number of hydrogen-bond acceptors (Lipinski definition) is 6. The molecule has 7 nitrogen and oxygen atoms in total. The summed E-state index contributed by atoms with van der Waals surface area (Å²) < 4.78 is 0. The van der Waals surface area contributed by atoms with Gasteiger partial charge in [-0.1, -0.05) is 13.3 Å². The molecule has 0 aromatic carbocycles. The van der Waals surface area contributed by atoms with E-state index in [1.54, 1.807) is 12.4 Å². The molecule has 0 saturated heterocycles. The third-order valence-electron chi connectivity index (χ3n) is 2.45. The third-order valence-corrected chi connectivity index (χ3v) is 2.45. The minimum atomic E-state index is -0.334. The van der Waals surface area contributed by atoms with Crippen molar-refractivity contribution in [2.24, 2.45) is 11.6 Å². The van der Waals surface area contributed by atoms with Crippen molar-refractivity contribution in [1.82, 2.24) is 14.9 Å². The first kappa shape index (κ1) is 14.3. The van der Waals surface area contributed by atoms with E-state index in [9.17, 15) is 4.79 Å². The number of hydrazine groups is 1. The topological polar surface area (TPSA) is 110 Å². The molecule has 18 heavy (non-hydrogen) atoms. The van der Waals surface area contributed by atoms with E-state index in [1.807, 2.05) is 4.90 Å². The molecule has 1 aromatic heterocycles. The van der Waals surface area contributed by atoms with Gasteiger partial charge in [0.05, 0.1) is 24.6 Å². The Morgan fingerprint density at radius 2 is 2.22 bits per heavy atom. The maximum Gasteiger partial charge on any atom is 0.231 e. The van der Waals surface area contributed by atoms with Gasteiger partial charge in [0.15, 0.2) is 5.82 Å².